The minimum absolute atomic E-state index is 0.602. The summed E-state index contributed by atoms with van der Waals surface area (Å²) in [7, 11) is 1.70. The molecule has 0 unspecified atom stereocenters. The Morgan fingerprint density at radius 1 is 0.889 bits per heavy atom. The Labute approximate surface area is 159 Å². The summed E-state index contributed by atoms with van der Waals surface area (Å²) in [6, 6.07) is 10.5. The van der Waals surface area contributed by atoms with Gasteiger partial charge in [-0.1, -0.05) is 12.1 Å². The average molecular weight is 364 g/mol. The molecule has 0 aliphatic carbocycles. The number of nitrogens with zero attached hydrogens (tertiary/aromatic N) is 6. The Kier molecular flexibility index (Phi) is 4.97. The van der Waals surface area contributed by atoms with Gasteiger partial charge < -0.3 is 19.4 Å². The Balaban J connectivity index is 1.53. The molecule has 2 aliphatic rings. The molecule has 0 amide bonds. The van der Waals surface area contributed by atoms with E-state index in [9.17, 15) is 5.26 Å². The molecule has 2 saturated heterocycles. The fraction of sp³-hybridized carbons (Fsp3) is 0.450. The standard InChI is InChI=1S/C20H24N6O/c1-27-18-7-3-2-6-17(18)24-10-12-26(13-11-24)20-16(14-21)19(22-15-23-20)25-8-4-5-9-25/h2-3,6-7,15H,4-5,8-13H2,1H3. The fourth-order valence-electron chi connectivity index (χ4n) is 3.93. The third-order valence-electron chi connectivity index (χ3n) is 5.33. The molecule has 7 heteroatoms. The van der Waals surface area contributed by atoms with E-state index in [2.05, 4.69) is 36.8 Å². The van der Waals surface area contributed by atoms with Crippen LogP contribution in [-0.4, -0.2) is 56.3 Å². The van der Waals surface area contributed by atoms with Crippen molar-refractivity contribution in [3.63, 3.8) is 0 Å². The smallest absolute Gasteiger partial charge is 0.152 e. The second-order valence-electron chi connectivity index (χ2n) is 6.85. The monoisotopic (exact) mass is 364 g/mol. The third kappa shape index (κ3) is 3.35. The van der Waals surface area contributed by atoms with E-state index in [4.69, 9.17) is 4.74 Å². The summed E-state index contributed by atoms with van der Waals surface area (Å²) in [6.45, 7) is 5.26. The van der Waals surface area contributed by atoms with E-state index in [0.29, 0.717) is 5.56 Å². The van der Waals surface area contributed by atoms with Crippen LogP contribution in [0.2, 0.25) is 0 Å². The molecule has 2 aliphatic heterocycles. The van der Waals surface area contributed by atoms with Crippen molar-refractivity contribution < 1.29 is 4.74 Å². The van der Waals surface area contributed by atoms with E-state index in [1.165, 1.54) is 0 Å². The Hall–Kier alpha value is -3.01. The summed E-state index contributed by atoms with van der Waals surface area (Å²) in [5.41, 5.74) is 1.71. The van der Waals surface area contributed by atoms with Crippen LogP contribution in [0, 0.1) is 11.3 Å². The minimum Gasteiger partial charge on any atom is -0.495 e. The highest BCUT2D eigenvalue weighted by Gasteiger charge is 2.26. The van der Waals surface area contributed by atoms with Gasteiger partial charge in [-0.2, -0.15) is 5.26 Å². The third-order valence-corrected chi connectivity index (χ3v) is 5.33. The fourth-order valence-corrected chi connectivity index (χ4v) is 3.93. The summed E-state index contributed by atoms with van der Waals surface area (Å²) < 4.78 is 5.49. The van der Waals surface area contributed by atoms with Crippen LogP contribution in [0.1, 0.15) is 18.4 Å². The average Bonchev–Trinajstić information content (AvgIpc) is 3.28. The van der Waals surface area contributed by atoms with E-state index in [0.717, 1.165) is 75.2 Å². The Morgan fingerprint density at radius 3 is 2.11 bits per heavy atom. The van der Waals surface area contributed by atoms with Crippen LogP contribution >= 0.6 is 0 Å². The van der Waals surface area contributed by atoms with Gasteiger partial charge in [0.05, 0.1) is 12.8 Å². The van der Waals surface area contributed by atoms with Gasteiger partial charge in [0.25, 0.3) is 0 Å². The molecule has 3 heterocycles. The summed E-state index contributed by atoms with van der Waals surface area (Å²) in [5, 5.41) is 9.78. The van der Waals surface area contributed by atoms with Crippen molar-refractivity contribution in [2.45, 2.75) is 12.8 Å². The van der Waals surface area contributed by atoms with Crippen LogP contribution in [0.25, 0.3) is 0 Å². The highest BCUT2D eigenvalue weighted by atomic mass is 16.5. The summed E-state index contributed by atoms with van der Waals surface area (Å²) in [5.74, 6) is 2.43. The summed E-state index contributed by atoms with van der Waals surface area (Å²) in [4.78, 5) is 15.6. The van der Waals surface area contributed by atoms with E-state index in [-0.39, 0.29) is 0 Å². The maximum absolute atomic E-state index is 9.78. The first-order valence-corrected chi connectivity index (χ1v) is 9.45. The lowest BCUT2D eigenvalue weighted by Crippen LogP contribution is -2.47. The zero-order valence-electron chi connectivity index (χ0n) is 15.6. The quantitative estimate of drug-likeness (QED) is 0.824. The molecule has 27 heavy (non-hydrogen) atoms. The van der Waals surface area contributed by atoms with Gasteiger partial charge in [-0.05, 0) is 25.0 Å². The van der Waals surface area contributed by atoms with Crippen LogP contribution < -0.4 is 19.4 Å². The molecule has 0 bridgehead atoms. The van der Waals surface area contributed by atoms with Gasteiger partial charge in [0.1, 0.15) is 23.7 Å². The van der Waals surface area contributed by atoms with E-state index in [1.54, 1.807) is 13.4 Å². The number of ether oxygens (including phenoxy) is 1. The molecule has 0 spiro atoms. The van der Waals surface area contributed by atoms with Crippen molar-refractivity contribution in [2.75, 3.05) is 61.1 Å². The second-order valence-corrected chi connectivity index (χ2v) is 6.85. The molecule has 0 N–H and O–H groups in total. The molecule has 0 atom stereocenters. The topological polar surface area (TPSA) is 68.5 Å². The molecule has 4 rings (SSSR count). The molecule has 1 aromatic carbocycles. The van der Waals surface area contributed by atoms with Crippen LogP contribution in [0.5, 0.6) is 5.75 Å². The van der Waals surface area contributed by atoms with Crippen LogP contribution in [0.3, 0.4) is 0 Å². The van der Waals surface area contributed by atoms with Crippen molar-refractivity contribution in [3.8, 4) is 11.8 Å². The van der Waals surface area contributed by atoms with Gasteiger partial charge in [-0.25, -0.2) is 9.97 Å². The Bertz CT molecular complexity index is 835. The second kappa shape index (κ2) is 7.70. The zero-order valence-corrected chi connectivity index (χ0v) is 15.6. The van der Waals surface area contributed by atoms with E-state index < -0.39 is 0 Å². The normalized spacial score (nSPS) is 17.1. The lowest BCUT2D eigenvalue weighted by molar-refractivity contribution is 0.413. The Morgan fingerprint density at radius 2 is 1.48 bits per heavy atom. The molecular weight excluding hydrogens is 340 g/mol. The molecular formula is C20H24N6O. The van der Waals surface area contributed by atoms with Crippen molar-refractivity contribution in [2.24, 2.45) is 0 Å². The van der Waals surface area contributed by atoms with Gasteiger partial charge in [0, 0.05) is 39.3 Å². The van der Waals surface area contributed by atoms with Crippen molar-refractivity contribution >= 4 is 17.3 Å². The molecule has 2 fully saturated rings. The molecule has 2 aromatic rings. The number of nitriles is 1. The van der Waals surface area contributed by atoms with Gasteiger partial charge >= 0.3 is 0 Å². The predicted molar refractivity (Wildman–Crippen MR) is 106 cm³/mol. The number of anilines is 3. The molecule has 7 nitrogen and oxygen atoms in total. The van der Waals surface area contributed by atoms with E-state index >= 15 is 0 Å². The first-order chi connectivity index (χ1) is 13.3. The number of methoxy groups -OCH3 is 1. The minimum atomic E-state index is 0.602. The van der Waals surface area contributed by atoms with Gasteiger partial charge in [0.2, 0.25) is 0 Å². The lowest BCUT2D eigenvalue weighted by Gasteiger charge is -2.37. The number of piperazine rings is 1. The number of para-hydroxylation sites is 2. The number of hydrogen-bond acceptors (Lipinski definition) is 7. The molecule has 1 aromatic heterocycles. The number of benzene rings is 1. The first-order valence-electron chi connectivity index (χ1n) is 9.45. The lowest BCUT2D eigenvalue weighted by atomic mass is 10.2. The number of hydrogen-bond donors (Lipinski definition) is 0. The van der Waals surface area contributed by atoms with Crippen molar-refractivity contribution in [3.05, 3.63) is 36.2 Å². The van der Waals surface area contributed by atoms with Crippen molar-refractivity contribution in [1.82, 2.24) is 9.97 Å². The maximum atomic E-state index is 9.78. The maximum Gasteiger partial charge on any atom is 0.152 e. The number of aromatic nitrogens is 2. The summed E-state index contributed by atoms with van der Waals surface area (Å²) in [6.07, 6.45) is 3.90. The van der Waals surface area contributed by atoms with Crippen LogP contribution in [-0.2, 0) is 0 Å². The van der Waals surface area contributed by atoms with Crippen molar-refractivity contribution in [1.29, 1.82) is 5.26 Å². The summed E-state index contributed by atoms with van der Waals surface area (Å²) >= 11 is 0. The van der Waals surface area contributed by atoms with Gasteiger partial charge in [-0.3, -0.25) is 0 Å². The van der Waals surface area contributed by atoms with Crippen LogP contribution in [0.15, 0.2) is 30.6 Å². The zero-order chi connectivity index (χ0) is 18.6. The van der Waals surface area contributed by atoms with E-state index in [1.807, 2.05) is 18.2 Å². The molecule has 140 valence electrons. The predicted octanol–water partition coefficient (Wildman–Crippen LogP) is 2.28. The number of rotatable bonds is 4. The van der Waals surface area contributed by atoms with Gasteiger partial charge in [-0.15, -0.1) is 0 Å². The highest BCUT2D eigenvalue weighted by Crippen LogP contribution is 2.31. The largest absolute Gasteiger partial charge is 0.495 e. The first kappa shape index (κ1) is 17.4. The van der Waals surface area contributed by atoms with Crippen LogP contribution in [0.4, 0.5) is 17.3 Å². The highest BCUT2D eigenvalue weighted by molar-refractivity contribution is 5.67. The molecule has 0 saturated carbocycles. The molecule has 0 radical (unpaired) electrons. The SMILES string of the molecule is COc1ccccc1N1CCN(c2ncnc(N3CCCC3)c2C#N)CC1. The van der Waals surface area contributed by atoms with Gasteiger partial charge in [0.15, 0.2) is 11.6 Å².